The number of benzene rings is 1. The first-order chi connectivity index (χ1) is 8.74. The summed E-state index contributed by atoms with van der Waals surface area (Å²) in [6.45, 7) is 2.88. The summed E-state index contributed by atoms with van der Waals surface area (Å²) in [5.74, 6) is 4.83. The van der Waals surface area contributed by atoms with Gasteiger partial charge in [-0.05, 0) is 23.9 Å². The molecule has 3 nitrogen and oxygen atoms in total. The molecule has 2 aromatic rings. The van der Waals surface area contributed by atoms with Gasteiger partial charge in [0.1, 0.15) is 4.88 Å². The zero-order chi connectivity index (χ0) is 13.0. The maximum absolute atomic E-state index is 11.2. The first kappa shape index (κ1) is 12.6. The van der Waals surface area contributed by atoms with E-state index in [1.54, 1.807) is 6.92 Å². The lowest BCUT2D eigenvalue weighted by molar-refractivity contribution is 0.0701. The second-order valence-electron chi connectivity index (χ2n) is 3.74. The molecule has 4 heteroatoms. The van der Waals surface area contributed by atoms with Gasteiger partial charge in [-0.3, -0.25) is 0 Å². The van der Waals surface area contributed by atoms with E-state index in [4.69, 9.17) is 0 Å². The number of aromatic carboxylic acids is 1. The molecule has 1 heterocycles. The zero-order valence-corrected chi connectivity index (χ0v) is 10.8. The van der Waals surface area contributed by atoms with Crippen LogP contribution >= 0.6 is 11.3 Å². The van der Waals surface area contributed by atoms with E-state index < -0.39 is 5.97 Å². The quantitative estimate of drug-likeness (QED) is 0.655. The van der Waals surface area contributed by atoms with Crippen molar-refractivity contribution in [3.05, 3.63) is 34.7 Å². The second-order valence-corrected chi connectivity index (χ2v) is 4.79. The highest BCUT2D eigenvalue weighted by Gasteiger charge is 2.16. The normalized spacial score (nSPS) is 10.1. The third-order valence-corrected chi connectivity index (χ3v) is 3.79. The molecule has 92 valence electrons. The predicted octanol–water partition coefficient (Wildman–Crippen LogP) is 2.71. The molecule has 0 bridgehead atoms. The molecule has 0 aliphatic heterocycles. The summed E-state index contributed by atoms with van der Waals surface area (Å²) in [4.78, 5) is 11.6. The Morgan fingerprint density at radius 3 is 2.94 bits per heavy atom. The van der Waals surface area contributed by atoms with Crippen molar-refractivity contribution in [1.82, 2.24) is 5.32 Å². The van der Waals surface area contributed by atoms with Gasteiger partial charge in [-0.2, -0.15) is 0 Å². The van der Waals surface area contributed by atoms with Crippen LogP contribution in [0.3, 0.4) is 0 Å². The molecule has 2 N–H and O–H groups in total. The zero-order valence-electron chi connectivity index (χ0n) is 9.99. The lowest BCUT2D eigenvalue weighted by Crippen LogP contribution is -2.14. The van der Waals surface area contributed by atoms with Crippen molar-refractivity contribution in [2.75, 3.05) is 6.54 Å². The van der Waals surface area contributed by atoms with Gasteiger partial charge in [-0.15, -0.1) is 17.3 Å². The summed E-state index contributed by atoms with van der Waals surface area (Å²) in [6, 6.07) is 7.75. The number of thiophene rings is 1. The van der Waals surface area contributed by atoms with Gasteiger partial charge < -0.3 is 10.4 Å². The maximum atomic E-state index is 11.2. The van der Waals surface area contributed by atoms with E-state index in [1.807, 2.05) is 24.3 Å². The van der Waals surface area contributed by atoms with Crippen molar-refractivity contribution in [1.29, 1.82) is 0 Å². The highest BCUT2D eigenvalue weighted by atomic mass is 32.1. The number of fused-ring (bicyclic) bond motifs is 1. The summed E-state index contributed by atoms with van der Waals surface area (Å²) < 4.78 is 1.01. The van der Waals surface area contributed by atoms with Gasteiger partial charge in [0.25, 0.3) is 0 Å². The van der Waals surface area contributed by atoms with Crippen LogP contribution in [0.2, 0.25) is 0 Å². The molecule has 0 unspecified atom stereocenters. The predicted molar refractivity (Wildman–Crippen MR) is 73.9 cm³/mol. The number of nitrogens with one attached hydrogen (secondary N) is 1. The van der Waals surface area contributed by atoms with Crippen LogP contribution in [0.1, 0.15) is 22.2 Å². The fourth-order valence-electron chi connectivity index (χ4n) is 1.79. The Balaban J connectivity index is 2.35. The van der Waals surface area contributed by atoms with Gasteiger partial charge >= 0.3 is 5.97 Å². The van der Waals surface area contributed by atoms with Crippen molar-refractivity contribution >= 4 is 27.4 Å². The molecular formula is C14H13NO2S. The summed E-state index contributed by atoms with van der Waals surface area (Å²) in [7, 11) is 0. The molecule has 0 spiro atoms. The molecule has 0 aliphatic rings. The molecule has 0 saturated heterocycles. The molecule has 0 radical (unpaired) electrons. The minimum Gasteiger partial charge on any atom is -0.477 e. The van der Waals surface area contributed by atoms with Crippen LogP contribution in [0.5, 0.6) is 0 Å². The average molecular weight is 259 g/mol. The third kappa shape index (κ3) is 2.53. The van der Waals surface area contributed by atoms with Crippen LogP contribution in [0.25, 0.3) is 10.1 Å². The minimum atomic E-state index is -0.866. The highest BCUT2D eigenvalue weighted by Crippen LogP contribution is 2.31. The Bertz CT molecular complexity index is 634. The number of hydrogen-bond acceptors (Lipinski definition) is 3. The van der Waals surface area contributed by atoms with Gasteiger partial charge in [0.15, 0.2) is 0 Å². The number of carboxylic acid groups (broad SMARTS) is 1. The van der Waals surface area contributed by atoms with E-state index in [2.05, 4.69) is 17.2 Å². The number of hydrogen-bond donors (Lipinski definition) is 2. The van der Waals surface area contributed by atoms with Gasteiger partial charge in [0.05, 0.1) is 6.54 Å². The molecule has 1 aromatic heterocycles. The van der Waals surface area contributed by atoms with Crippen molar-refractivity contribution in [3.63, 3.8) is 0 Å². The standard InChI is InChI=1S/C14H13NO2S/c1-2-3-8-15-9-11-10-6-4-5-7-12(10)18-13(11)14(16)17/h4-7,15H,8-9H2,1H3,(H,16,17). The minimum absolute atomic E-state index is 0.410. The van der Waals surface area contributed by atoms with E-state index in [1.165, 1.54) is 11.3 Å². The van der Waals surface area contributed by atoms with Gasteiger partial charge in [-0.25, -0.2) is 4.79 Å². The highest BCUT2D eigenvalue weighted by molar-refractivity contribution is 7.21. The van der Waals surface area contributed by atoms with E-state index in [-0.39, 0.29) is 0 Å². The summed E-state index contributed by atoms with van der Waals surface area (Å²) in [5, 5.41) is 13.4. The number of carboxylic acids is 1. The van der Waals surface area contributed by atoms with Crippen LogP contribution in [-0.4, -0.2) is 17.6 Å². The van der Waals surface area contributed by atoms with Gasteiger partial charge in [0.2, 0.25) is 0 Å². The fraction of sp³-hybridized carbons (Fsp3) is 0.214. The Labute approximate surface area is 109 Å². The molecule has 0 atom stereocenters. The molecular weight excluding hydrogens is 246 g/mol. The SMILES string of the molecule is CC#CCNCc1c(C(=O)O)sc2ccccc12. The topological polar surface area (TPSA) is 49.3 Å². The molecule has 0 saturated carbocycles. The number of carbonyl (C=O) groups is 1. The van der Waals surface area contributed by atoms with Crippen LogP contribution in [0, 0.1) is 11.8 Å². The van der Waals surface area contributed by atoms with E-state index >= 15 is 0 Å². The van der Waals surface area contributed by atoms with E-state index in [9.17, 15) is 9.90 Å². The molecule has 18 heavy (non-hydrogen) atoms. The first-order valence-corrected chi connectivity index (χ1v) is 6.39. The van der Waals surface area contributed by atoms with Crippen molar-refractivity contribution in [2.45, 2.75) is 13.5 Å². The van der Waals surface area contributed by atoms with Crippen LogP contribution < -0.4 is 5.32 Å². The van der Waals surface area contributed by atoms with E-state index in [0.717, 1.165) is 15.6 Å². The monoisotopic (exact) mass is 259 g/mol. The molecule has 0 fully saturated rings. The van der Waals surface area contributed by atoms with Crippen molar-refractivity contribution < 1.29 is 9.90 Å². The summed E-state index contributed by atoms with van der Waals surface area (Å²) in [6.07, 6.45) is 0. The molecule has 1 aromatic carbocycles. The maximum Gasteiger partial charge on any atom is 0.346 e. The van der Waals surface area contributed by atoms with Crippen LogP contribution in [0.15, 0.2) is 24.3 Å². The van der Waals surface area contributed by atoms with Crippen LogP contribution in [-0.2, 0) is 6.54 Å². The first-order valence-electron chi connectivity index (χ1n) is 5.58. The molecule has 0 aliphatic carbocycles. The Morgan fingerprint density at radius 1 is 1.44 bits per heavy atom. The smallest absolute Gasteiger partial charge is 0.346 e. The Hall–Kier alpha value is -1.83. The average Bonchev–Trinajstić information content (AvgIpc) is 2.74. The second kappa shape index (κ2) is 5.67. The fourth-order valence-corrected chi connectivity index (χ4v) is 2.85. The van der Waals surface area contributed by atoms with Crippen molar-refractivity contribution in [2.24, 2.45) is 0 Å². The largest absolute Gasteiger partial charge is 0.477 e. The van der Waals surface area contributed by atoms with Crippen LogP contribution in [0.4, 0.5) is 0 Å². The lowest BCUT2D eigenvalue weighted by atomic mass is 10.1. The summed E-state index contributed by atoms with van der Waals surface area (Å²) in [5.41, 5.74) is 0.848. The number of rotatable bonds is 4. The van der Waals surface area contributed by atoms with Gasteiger partial charge in [0, 0.05) is 11.2 Å². The van der Waals surface area contributed by atoms with E-state index in [0.29, 0.717) is 18.0 Å². The van der Waals surface area contributed by atoms with Crippen molar-refractivity contribution in [3.8, 4) is 11.8 Å². The summed E-state index contributed by atoms with van der Waals surface area (Å²) >= 11 is 1.32. The third-order valence-electron chi connectivity index (χ3n) is 2.58. The molecule has 2 rings (SSSR count). The Kier molecular flexibility index (Phi) is 3.98. The lowest BCUT2D eigenvalue weighted by Gasteiger charge is -2.01. The Morgan fingerprint density at radius 2 is 2.22 bits per heavy atom. The van der Waals surface area contributed by atoms with Gasteiger partial charge in [-0.1, -0.05) is 24.1 Å². The molecule has 0 amide bonds.